The molecule has 0 saturated heterocycles. The van der Waals surface area contributed by atoms with E-state index in [9.17, 15) is 0 Å². The molecule has 1 aromatic carbocycles. The van der Waals surface area contributed by atoms with Gasteiger partial charge in [-0.25, -0.2) is 0 Å². The summed E-state index contributed by atoms with van der Waals surface area (Å²) in [5, 5.41) is 9.70. The maximum absolute atomic E-state index is 9.12. The molecule has 3 heteroatoms. The third-order valence-corrected chi connectivity index (χ3v) is 2.23. The maximum Gasteiger partial charge on any atom is 0.117 e. The number of hydrogen-bond acceptors (Lipinski definition) is 2. The van der Waals surface area contributed by atoms with Gasteiger partial charge in [0.05, 0.1) is 0 Å². The van der Waals surface area contributed by atoms with Crippen LogP contribution in [0.25, 0.3) is 0 Å². The highest BCUT2D eigenvalue weighted by molar-refractivity contribution is 6.31. The lowest BCUT2D eigenvalue weighted by molar-refractivity contribution is 0.383. The fourth-order valence-corrected chi connectivity index (χ4v) is 1.25. The maximum atomic E-state index is 9.12. The Balaban J connectivity index is 2.77. The van der Waals surface area contributed by atoms with Crippen molar-refractivity contribution >= 4 is 11.6 Å². The summed E-state index contributed by atoms with van der Waals surface area (Å²) < 4.78 is 0. The molecule has 1 rings (SSSR count). The quantitative estimate of drug-likeness (QED) is 0.755. The van der Waals surface area contributed by atoms with Crippen molar-refractivity contribution in [3.63, 3.8) is 0 Å². The Hall–Kier alpha value is -0.730. The average Bonchev–Trinajstić information content (AvgIpc) is 2.09. The summed E-state index contributed by atoms with van der Waals surface area (Å²) in [5.74, 6) is 0.195. The van der Waals surface area contributed by atoms with Crippen LogP contribution in [-0.4, -0.2) is 16.6 Å². The van der Waals surface area contributed by atoms with Crippen molar-refractivity contribution in [1.29, 1.82) is 0 Å². The molecule has 0 amide bonds. The van der Waals surface area contributed by atoms with Gasteiger partial charge in [-0.05, 0) is 30.8 Å². The van der Waals surface area contributed by atoms with Gasteiger partial charge in [0.25, 0.3) is 0 Å². The minimum atomic E-state index is 0.195. The van der Waals surface area contributed by atoms with E-state index >= 15 is 0 Å². The summed E-state index contributed by atoms with van der Waals surface area (Å²) >= 11 is 5.92. The molecular weight excluding hydrogens is 186 g/mol. The molecule has 0 aromatic heterocycles. The van der Waals surface area contributed by atoms with Gasteiger partial charge in [0, 0.05) is 5.02 Å². The van der Waals surface area contributed by atoms with Crippen molar-refractivity contribution in [2.75, 3.05) is 6.54 Å². The van der Waals surface area contributed by atoms with Crippen LogP contribution < -0.4 is 0 Å². The van der Waals surface area contributed by atoms with Crippen LogP contribution in [0, 0.1) is 7.05 Å². The SMILES string of the molecule is [CH2-]N(CC)Cc1ccc(O)cc1Cl. The van der Waals surface area contributed by atoms with Gasteiger partial charge in [-0.3, -0.25) is 7.05 Å². The summed E-state index contributed by atoms with van der Waals surface area (Å²) in [7, 11) is 3.83. The Bertz CT molecular complexity index is 288. The van der Waals surface area contributed by atoms with Crippen LogP contribution in [0.3, 0.4) is 0 Å². The standard InChI is InChI=1S/C10H13ClNO/c1-3-12(2)7-8-4-5-9(13)6-10(8)11/h4-6,13H,2-3,7H2,1H3/q-1. The minimum absolute atomic E-state index is 0.195. The van der Waals surface area contributed by atoms with Gasteiger partial charge < -0.3 is 10.0 Å². The number of nitrogens with zero attached hydrogens (tertiary/aromatic N) is 1. The highest BCUT2D eigenvalue weighted by Gasteiger charge is 2.00. The first kappa shape index (κ1) is 10.4. The Labute approximate surface area is 83.7 Å². The third-order valence-electron chi connectivity index (χ3n) is 1.88. The summed E-state index contributed by atoms with van der Waals surface area (Å²) in [6.45, 7) is 3.61. The van der Waals surface area contributed by atoms with Gasteiger partial charge in [0.1, 0.15) is 5.75 Å². The van der Waals surface area contributed by atoms with Gasteiger partial charge in [0.2, 0.25) is 0 Å². The summed E-state index contributed by atoms with van der Waals surface area (Å²) in [6.07, 6.45) is 0. The zero-order chi connectivity index (χ0) is 9.84. The molecule has 0 spiro atoms. The molecule has 1 N–H and O–H groups in total. The molecule has 1 aromatic rings. The van der Waals surface area contributed by atoms with Crippen molar-refractivity contribution in [2.45, 2.75) is 13.5 Å². The molecule has 2 nitrogen and oxygen atoms in total. The van der Waals surface area contributed by atoms with E-state index in [1.54, 1.807) is 12.1 Å². The fourth-order valence-electron chi connectivity index (χ4n) is 1.02. The number of halogens is 1. The minimum Gasteiger partial charge on any atom is -0.508 e. The Kier molecular flexibility index (Phi) is 3.58. The molecule has 0 radical (unpaired) electrons. The van der Waals surface area contributed by atoms with Gasteiger partial charge in [-0.1, -0.05) is 24.6 Å². The van der Waals surface area contributed by atoms with E-state index in [1.165, 1.54) is 0 Å². The Morgan fingerprint density at radius 3 is 2.77 bits per heavy atom. The van der Waals surface area contributed by atoms with Gasteiger partial charge in [-0.2, -0.15) is 0 Å². The number of rotatable bonds is 3. The topological polar surface area (TPSA) is 23.5 Å². The van der Waals surface area contributed by atoms with Crippen LogP contribution in [0.5, 0.6) is 5.75 Å². The second-order valence-electron chi connectivity index (χ2n) is 2.92. The molecular formula is C10H13ClNO-. The number of phenolic OH excluding ortho intramolecular Hbond substituents is 1. The lowest BCUT2D eigenvalue weighted by Gasteiger charge is -2.23. The predicted molar refractivity (Wildman–Crippen MR) is 54.6 cm³/mol. The summed E-state index contributed by atoms with van der Waals surface area (Å²) in [4.78, 5) is 1.90. The largest absolute Gasteiger partial charge is 0.508 e. The van der Waals surface area contributed by atoms with Crippen LogP contribution >= 0.6 is 11.6 Å². The molecule has 0 saturated carbocycles. The average molecular weight is 199 g/mol. The molecule has 0 atom stereocenters. The molecule has 0 bridgehead atoms. The van der Waals surface area contributed by atoms with E-state index in [-0.39, 0.29) is 5.75 Å². The highest BCUT2D eigenvalue weighted by Crippen LogP contribution is 2.22. The molecule has 0 fully saturated rings. The Morgan fingerprint density at radius 2 is 2.23 bits per heavy atom. The van der Waals surface area contributed by atoms with Gasteiger partial charge >= 0.3 is 0 Å². The van der Waals surface area contributed by atoms with Gasteiger partial charge in [-0.15, -0.1) is 0 Å². The van der Waals surface area contributed by atoms with Crippen molar-refractivity contribution in [3.8, 4) is 5.75 Å². The first-order valence-corrected chi connectivity index (χ1v) is 4.54. The zero-order valence-electron chi connectivity index (χ0n) is 7.63. The van der Waals surface area contributed by atoms with Crippen LogP contribution in [0.2, 0.25) is 5.02 Å². The molecule has 0 aliphatic rings. The summed E-state index contributed by atoms with van der Waals surface area (Å²) in [6, 6.07) is 4.98. The number of benzene rings is 1. The molecule has 13 heavy (non-hydrogen) atoms. The fraction of sp³-hybridized carbons (Fsp3) is 0.300. The van der Waals surface area contributed by atoms with E-state index < -0.39 is 0 Å². The lowest BCUT2D eigenvalue weighted by atomic mass is 10.2. The monoisotopic (exact) mass is 198 g/mol. The lowest BCUT2D eigenvalue weighted by Crippen LogP contribution is -2.14. The molecule has 72 valence electrons. The van der Waals surface area contributed by atoms with E-state index in [0.29, 0.717) is 11.6 Å². The van der Waals surface area contributed by atoms with Crippen LogP contribution in [0.1, 0.15) is 12.5 Å². The first-order valence-electron chi connectivity index (χ1n) is 4.16. The smallest absolute Gasteiger partial charge is 0.117 e. The van der Waals surface area contributed by atoms with E-state index in [1.807, 2.05) is 17.9 Å². The van der Waals surface area contributed by atoms with Crippen LogP contribution in [-0.2, 0) is 6.54 Å². The van der Waals surface area contributed by atoms with Crippen LogP contribution in [0.4, 0.5) is 0 Å². The molecule has 0 heterocycles. The van der Waals surface area contributed by atoms with E-state index in [0.717, 1.165) is 12.1 Å². The predicted octanol–water partition coefficient (Wildman–Crippen LogP) is 2.66. The Morgan fingerprint density at radius 1 is 1.54 bits per heavy atom. The molecule has 0 unspecified atom stereocenters. The van der Waals surface area contributed by atoms with Crippen molar-refractivity contribution in [1.82, 2.24) is 4.90 Å². The number of aromatic hydroxyl groups is 1. The second-order valence-corrected chi connectivity index (χ2v) is 3.33. The van der Waals surface area contributed by atoms with Crippen molar-refractivity contribution in [2.24, 2.45) is 0 Å². The third kappa shape index (κ3) is 2.90. The second kappa shape index (κ2) is 4.49. The van der Waals surface area contributed by atoms with Crippen molar-refractivity contribution < 1.29 is 5.11 Å². The first-order chi connectivity index (χ1) is 6.13. The van der Waals surface area contributed by atoms with E-state index in [4.69, 9.17) is 16.7 Å². The number of hydrogen-bond donors (Lipinski definition) is 1. The normalized spacial score (nSPS) is 10.8. The van der Waals surface area contributed by atoms with Crippen molar-refractivity contribution in [3.05, 3.63) is 35.8 Å². The van der Waals surface area contributed by atoms with Gasteiger partial charge in [0.15, 0.2) is 0 Å². The zero-order valence-corrected chi connectivity index (χ0v) is 8.38. The number of phenols is 1. The molecule has 0 aliphatic heterocycles. The highest BCUT2D eigenvalue weighted by atomic mass is 35.5. The van der Waals surface area contributed by atoms with Crippen LogP contribution in [0.15, 0.2) is 18.2 Å². The summed E-state index contributed by atoms with van der Waals surface area (Å²) in [5.41, 5.74) is 0.983. The van der Waals surface area contributed by atoms with E-state index in [2.05, 4.69) is 7.05 Å². The molecule has 0 aliphatic carbocycles.